The van der Waals surface area contributed by atoms with Crippen LogP contribution in [0.1, 0.15) is 45.0 Å². The zero-order valence-electron chi connectivity index (χ0n) is 15.2. The molecule has 2 aromatic rings. The molecule has 0 bridgehead atoms. The number of esters is 1. The van der Waals surface area contributed by atoms with Crippen LogP contribution in [0.3, 0.4) is 0 Å². The summed E-state index contributed by atoms with van der Waals surface area (Å²) in [5.41, 5.74) is 0.0432. The maximum Gasteiger partial charge on any atom is 0.496 e. The molecule has 0 aromatic carbocycles. The van der Waals surface area contributed by atoms with Crippen LogP contribution in [0, 0.1) is 0 Å². The fraction of sp³-hybridized carbons (Fsp3) is 0.444. The molecule has 1 saturated heterocycles. The number of carbonyl (C=O) groups is 1. The molecule has 25 heavy (non-hydrogen) atoms. The number of nitrogens with zero attached hydrogens (tertiary/aromatic N) is 1. The van der Waals surface area contributed by atoms with Crippen molar-refractivity contribution in [2.75, 3.05) is 6.61 Å². The van der Waals surface area contributed by atoms with Gasteiger partial charge in [-0.2, -0.15) is 0 Å². The molecule has 0 saturated carbocycles. The Morgan fingerprint density at radius 3 is 2.32 bits per heavy atom. The largest absolute Gasteiger partial charge is 0.496 e. The molecule has 3 rings (SSSR count). The van der Waals surface area contributed by atoms with Crippen molar-refractivity contribution in [2.24, 2.45) is 0 Å². The van der Waals surface area contributed by atoms with E-state index >= 15 is 0 Å². The number of hydrogen-bond donors (Lipinski definition) is 0. The van der Waals surface area contributed by atoms with Crippen LogP contribution in [0.25, 0.3) is 5.52 Å². The summed E-state index contributed by atoms with van der Waals surface area (Å²) < 4.78 is 18.4. The van der Waals surface area contributed by atoms with Crippen molar-refractivity contribution >= 4 is 24.1 Å². The van der Waals surface area contributed by atoms with Gasteiger partial charge in [0.1, 0.15) is 5.56 Å². The molecule has 0 spiro atoms. The van der Waals surface area contributed by atoms with E-state index in [9.17, 15) is 9.59 Å². The minimum absolute atomic E-state index is 0.00502. The lowest BCUT2D eigenvalue weighted by Crippen LogP contribution is -2.41. The smallest absolute Gasteiger partial charge is 0.462 e. The number of fused-ring (bicyclic) bond motifs is 1. The first-order valence-electron chi connectivity index (χ1n) is 8.34. The first kappa shape index (κ1) is 17.7. The van der Waals surface area contributed by atoms with Gasteiger partial charge in [0.05, 0.1) is 17.8 Å². The Kier molecular flexibility index (Phi) is 4.25. The van der Waals surface area contributed by atoms with Crippen LogP contribution >= 0.6 is 0 Å². The fourth-order valence-electron chi connectivity index (χ4n) is 2.69. The molecule has 0 aliphatic carbocycles. The highest BCUT2D eigenvalue weighted by molar-refractivity contribution is 6.62. The summed E-state index contributed by atoms with van der Waals surface area (Å²) in [6.45, 7) is 9.80. The average Bonchev–Trinajstić information content (AvgIpc) is 2.76. The fourth-order valence-corrected chi connectivity index (χ4v) is 2.69. The lowest BCUT2D eigenvalue weighted by atomic mass is 9.80. The van der Waals surface area contributed by atoms with Crippen LogP contribution in [-0.4, -0.2) is 35.3 Å². The topological polar surface area (TPSA) is 66.2 Å². The Bertz CT molecular complexity index is 871. The lowest BCUT2D eigenvalue weighted by molar-refractivity contribution is 0.00578. The molecule has 2 aromatic heterocycles. The molecule has 132 valence electrons. The monoisotopic (exact) mass is 343 g/mol. The molecule has 0 unspecified atom stereocenters. The summed E-state index contributed by atoms with van der Waals surface area (Å²) in [7, 11) is -0.576. The van der Waals surface area contributed by atoms with Gasteiger partial charge in [-0.3, -0.25) is 9.20 Å². The van der Waals surface area contributed by atoms with Crippen molar-refractivity contribution in [1.82, 2.24) is 4.40 Å². The summed E-state index contributed by atoms with van der Waals surface area (Å²) in [5, 5.41) is 0. The Morgan fingerprint density at radius 2 is 1.72 bits per heavy atom. The maximum atomic E-state index is 12.6. The van der Waals surface area contributed by atoms with E-state index in [4.69, 9.17) is 14.0 Å². The van der Waals surface area contributed by atoms with Gasteiger partial charge in [-0.15, -0.1) is 0 Å². The molecule has 0 radical (unpaired) electrons. The van der Waals surface area contributed by atoms with Crippen molar-refractivity contribution in [3.05, 3.63) is 46.4 Å². The standard InChI is InChI=1S/C18H22BNO5/c1-6-23-16(22)14-10-9-13-8-7-12(11-20(13)15(14)21)19-24-17(2,3)18(4,5)25-19/h7-11H,6H2,1-5H3. The number of aromatic nitrogens is 1. The molecule has 0 N–H and O–H groups in total. The van der Waals surface area contributed by atoms with Crippen molar-refractivity contribution < 1.29 is 18.8 Å². The summed E-state index contributed by atoms with van der Waals surface area (Å²) in [4.78, 5) is 24.6. The second-order valence-corrected chi connectivity index (χ2v) is 7.12. The van der Waals surface area contributed by atoms with Gasteiger partial charge >= 0.3 is 13.1 Å². The van der Waals surface area contributed by atoms with Crippen LogP contribution in [0.2, 0.25) is 0 Å². The zero-order valence-corrected chi connectivity index (χ0v) is 15.2. The number of pyridine rings is 2. The molecule has 0 atom stereocenters. The molecule has 1 aliphatic heterocycles. The van der Waals surface area contributed by atoms with Gasteiger partial charge in [0.25, 0.3) is 5.56 Å². The summed E-state index contributed by atoms with van der Waals surface area (Å²) in [6, 6.07) is 6.86. The summed E-state index contributed by atoms with van der Waals surface area (Å²) in [5.74, 6) is -0.622. The van der Waals surface area contributed by atoms with Gasteiger partial charge < -0.3 is 14.0 Å². The van der Waals surface area contributed by atoms with Crippen LogP contribution < -0.4 is 11.0 Å². The van der Waals surface area contributed by atoms with Crippen molar-refractivity contribution in [2.45, 2.75) is 45.8 Å². The Morgan fingerprint density at radius 1 is 1.12 bits per heavy atom. The average molecular weight is 343 g/mol. The van der Waals surface area contributed by atoms with Gasteiger partial charge in [-0.05, 0) is 58.3 Å². The second-order valence-electron chi connectivity index (χ2n) is 7.12. The molecule has 1 aliphatic rings. The highest BCUT2D eigenvalue weighted by Gasteiger charge is 2.51. The summed E-state index contributed by atoms with van der Waals surface area (Å²) >= 11 is 0. The van der Waals surface area contributed by atoms with E-state index in [1.54, 1.807) is 25.3 Å². The quantitative estimate of drug-likeness (QED) is 0.628. The Hall–Kier alpha value is -2.12. The third-order valence-corrected chi connectivity index (χ3v) is 4.89. The van der Waals surface area contributed by atoms with E-state index in [1.165, 1.54) is 10.5 Å². The Labute approximate surface area is 146 Å². The van der Waals surface area contributed by atoms with E-state index in [0.717, 1.165) is 0 Å². The molecule has 0 amide bonds. The molecule has 6 nitrogen and oxygen atoms in total. The number of rotatable bonds is 3. The number of ether oxygens (including phenoxy) is 1. The highest BCUT2D eigenvalue weighted by atomic mass is 16.7. The van der Waals surface area contributed by atoms with E-state index in [-0.39, 0.29) is 12.2 Å². The van der Waals surface area contributed by atoms with Crippen LogP contribution in [0.4, 0.5) is 0 Å². The van der Waals surface area contributed by atoms with Gasteiger partial charge in [-0.1, -0.05) is 6.07 Å². The predicted molar refractivity (Wildman–Crippen MR) is 95.3 cm³/mol. The van der Waals surface area contributed by atoms with Gasteiger partial charge in [0, 0.05) is 11.7 Å². The third kappa shape index (κ3) is 2.98. The van der Waals surface area contributed by atoms with Crippen LogP contribution in [0.15, 0.2) is 35.3 Å². The van der Waals surface area contributed by atoms with Crippen molar-refractivity contribution in [1.29, 1.82) is 0 Å². The predicted octanol–water partition coefficient (Wildman–Crippen LogP) is 1.78. The first-order valence-corrected chi connectivity index (χ1v) is 8.34. The minimum Gasteiger partial charge on any atom is -0.462 e. The van der Waals surface area contributed by atoms with Gasteiger partial charge in [-0.25, -0.2) is 4.79 Å². The maximum absolute atomic E-state index is 12.6. The highest BCUT2D eigenvalue weighted by Crippen LogP contribution is 2.36. The zero-order chi connectivity index (χ0) is 18.4. The van der Waals surface area contributed by atoms with Gasteiger partial charge in [0.2, 0.25) is 0 Å². The SMILES string of the molecule is CCOC(=O)c1ccc2ccc(B3OC(C)(C)C(C)(C)O3)cn2c1=O. The van der Waals surface area contributed by atoms with E-state index in [1.807, 2.05) is 33.8 Å². The van der Waals surface area contributed by atoms with E-state index < -0.39 is 29.8 Å². The first-order chi connectivity index (χ1) is 11.7. The molecular formula is C18H22BNO5. The van der Waals surface area contributed by atoms with Crippen molar-refractivity contribution in [3.8, 4) is 0 Å². The molecular weight excluding hydrogens is 321 g/mol. The Balaban J connectivity index is 2.04. The molecule has 3 heterocycles. The lowest BCUT2D eigenvalue weighted by Gasteiger charge is -2.32. The molecule has 1 fully saturated rings. The van der Waals surface area contributed by atoms with E-state index in [2.05, 4.69) is 0 Å². The summed E-state index contributed by atoms with van der Waals surface area (Å²) in [6.07, 6.45) is 1.66. The number of hydrogen-bond acceptors (Lipinski definition) is 5. The van der Waals surface area contributed by atoms with Crippen molar-refractivity contribution in [3.63, 3.8) is 0 Å². The van der Waals surface area contributed by atoms with Crippen LogP contribution in [-0.2, 0) is 14.0 Å². The third-order valence-electron chi connectivity index (χ3n) is 4.89. The molecule has 7 heteroatoms. The number of carbonyl (C=O) groups excluding carboxylic acids is 1. The van der Waals surface area contributed by atoms with E-state index in [0.29, 0.717) is 11.0 Å². The minimum atomic E-state index is -0.622. The van der Waals surface area contributed by atoms with Gasteiger partial charge in [0.15, 0.2) is 0 Å². The van der Waals surface area contributed by atoms with Crippen LogP contribution in [0.5, 0.6) is 0 Å². The second kappa shape index (κ2) is 6.00. The normalized spacial score (nSPS) is 18.5.